The molecular formula is C14H21N3O4S. The second kappa shape index (κ2) is 8.50. The Bertz CT molecular complexity index is 542. The summed E-state index contributed by atoms with van der Waals surface area (Å²) in [6.45, 7) is 3.91. The van der Waals surface area contributed by atoms with Crippen LogP contribution in [-0.4, -0.2) is 56.0 Å². The van der Waals surface area contributed by atoms with Gasteiger partial charge < -0.3 is 15.4 Å². The Hall–Kier alpha value is -1.93. The van der Waals surface area contributed by atoms with Crippen molar-refractivity contribution in [2.45, 2.75) is 19.9 Å². The summed E-state index contributed by atoms with van der Waals surface area (Å²) in [4.78, 5) is 37.0. The maximum Gasteiger partial charge on any atom is 0.350 e. The number of methoxy groups -OCH3 is 1. The van der Waals surface area contributed by atoms with Gasteiger partial charge in [0, 0.05) is 6.04 Å². The van der Waals surface area contributed by atoms with Crippen molar-refractivity contribution < 1.29 is 19.1 Å². The fourth-order valence-electron chi connectivity index (χ4n) is 1.76. The van der Waals surface area contributed by atoms with Crippen LogP contribution in [-0.2, 0) is 14.3 Å². The fourth-order valence-corrected chi connectivity index (χ4v) is 2.53. The average Bonchev–Trinajstić information content (AvgIpc) is 2.84. The van der Waals surface area contributed by atoms with E-state index in [0.29, 0.717) is 10.6 Å². The van der Waals surface area contributed by atoms with Gasteiger partial charge in [0.2, 0.25) is 11.8 Å². The fraction of sp³-hybridized carbons (Fsp3) is 0.500. The van der Waals surface area contributed by atoms with Gasteiger partial charge in [-0.2, -0.15) is 0 Å². The summed E-state index contributed by atoms with van der Waals surface area (Å²) < 4.78 is 4.64. The molecular weight excluding hydrogens is 306 g/mol. The number of thiophene rings is 1. The summed E-state index contributed by atoms with van der Waals surface area (Å²) in [6, 6.07) is 1.70. The van der Waals surface area contributed by atoms with Crippen LogP contribution in [0.2, 0.25) is 0 Å². The minimum Gasteiger partial charge on any atom is -0.465 e. The molecule has 0 atom stereocenters. The van der Waals surface area contributed by atoms with Gasteiger partial charge in [0.25, 0.3) is 0 Å². The molecule has 1 heterocycles. The molecule has 0 radical (unpaired) electrons. The monoisotopic (exact) mass is 327 g/mol. The molecule has 0 bridgehead atoms. The maximum absolute atomic E-state index is 12.0. The lowest BCUT2D eigenvalue weighted by Gasteiger charge is -2.17. The Morgan fingerprint density at radius 1 is 1.27 bits per heavy atom. The predicted octanol–water partition coefficient (Wildman–Crippen LogP) is 0.930. The molecule has 0 fully saturated rings. The lowest BCUT2D eigenvalue weighted by Crippen LogP contribution is -2.41. The van der Waals surface area contributed by atoms with Crippen LogP contribution < -0.4 is 10.6 Å². The van der Waals surface area contributed by atoms with Crippen LogP contribution in [0, 0.1) is 0 Å². The zero-order valence-electron chi connectivity index (χ0n) is 13.1. The quantitative estimate of drug-likeness (QED) is 0.728. The van der Waals surface area contributed by atoms with Crippen molar-refractivity contribution >= 4 is 34.8 Å². The van der Waals surface area contributed by atoms with Crippen molar-refractivity contribution in [1.29, 1.82) is 0 Å². The third-order valence-corrected chi connectivity index (χ3v) is 3.48. The van der Waals surface area contributed by atoms with E-state index in [4.69, 9.17) is 0 Å². The van der Waals surface area contributed by atoms with E-state index in [1.54, 1.807) is 23.4 Å². The van der Waals surface area contributed by atoms with E-state index in [-0.39, 0.29) is 30.9 Å². The SMILES string of the molecule is COC(=O)c1sccc1NC(=O)CN(C)CC(=O)NC(C)C. The zero-order valence-corrected chi connectivity index (χ0v) is 14.0. The van der Waals surface area contributed by atoms with Gasteiger partial charge in [0.1, 0.15) is 4.88 Å². The summed E-state index contributed by atoms with van der Waals surface area (Å²) in [5, 5.41) is 7.10. The van der Waals surface area contributed by atoms with Crippen LogP contribution in [0.15, 0.2) is 11.4 Å². The smallest absolute Gasteiger partial charge is 0.350 e. The first kappa shape index (κ1) is 18.1. The summed E-state index contributed by atoms with van der Waals surface area (Å²) >= 11 is 1.19. The Labute approximate surface area is 133 Å². The second-order valence-corrected chi connectivity index (χ2v) is 6.01. The number of esters is 1. The highest BCUT2D eigenvalue weighted by atomic mass is 32.1. The third kappa shape index (κ3) is 5.82. The molecule has 22 heavy (non-hydrogen) atoms. The van der Waals surface area contributed by atoms with Crippen molar-refractivity contribution in [3.63, 3.8) is 0 Å². The number of rotatable bonds is 7. The van der Waals surface area contributed by atoms with Crippen molar-refractivity contribution in [2.24, 2.45) is 0 Å². The van der Waals surface area contributed by atoms with Crippen LogP contribution in [0.25, 0.3) is 0 Å². The van der Waals surface area contributed by atoms with Crippen molar-refractivity contribution in [3.05, 3.63) is 16.3 Å². The standard InChI is InChI=1S/C14H21N3O4S/c1-9(2)15-11(18)7-17(3)8-12(19)16-10-5-6-22-13(10)14(20)21-4/h5-6,9H,7-8H2,1-4H3,(H,15,18)(H,16,19). The summed E-state index contributed by atoms with van der Waals surface area (Å²) in [5.74, 6) is -0.936. The average molecular weight is 327 g/mol. The number of hydrogen-bond acceptors (Lipinski definition) is 6. The van der Waals surface area contributed by atoms with Crippen molar-refractivity contribution in [2.75, 3.05) is 32.6 Å². The van der Waals surface area contributed by atoms with Crippen LogP contribution >= 0.6 is 11.3 Å². The molecule has 7 nitrogen and oxygen atoms in total. The highest BCUT2D eigenvalue weighted by Gasteiger charge is 2.17. The van der Waals surface area contributed by atoms with Crippen LogP contribution in [0.3, 0.4) is 0 Å². The van der Waals surface area contributed by atoms with Gasteiger partial charge in [-0.3, -0.25) is 14.5 Å². The Morgan fingerprint density at radius 3 is 2.50 bits per heavy atom. The van der Waals surface area contributed by atoms with E-state index >= 15 is 0 Å². The number of amides is 2. The van der Waals surface area contributed by atoms with Gasteiger partial charge in [-0.25, -0.2) is 4.79 Å². The molecule has 0 aliphatic heterocycles. The lowest BCUT2D eigenvalue weighted by molar-refractivity contribution is -0.123. The molecule has 2 N–H and O–H groups in total. The van der Waals surface area contributed by atoms with Crippen molar-refractivity contribution in [3.8, 4) is 0 Å². The minimum atomic E-state index is -0.491. The maximum atomic E-state index is 12.0. The number of anilines is 1. The molecule has 0 saturated carbocycles. The van der Waals surface area contributed by atoms with Gasteiger partial charge in [0.15, 0.2) is 0 Å². The summed E-state index contributed by atoms with van der Waals surface area (Å²) in [7, 11) is 2.96. The molecule has 1 rings (SSSR count). The van der Waals surface area contributed by atoms with Gasteiger partial charge in [-0.1, -0.05) is 0 Å². The molecule has 0 aliphatic rings. The lowest BCUT2D eigenvalue weighted by atomic mass is 10.3. The number of likely N-dealkylation sites (N-methyl/N-ethyl adjacent to an activating group) is 1. The van der Waals surface area contributed by atoms with E-state index < -0.39 is 5.97 Å². The van der Waals surface area contributed by atoms with Gasteiger partial charge in [-0.15, -0.1) is 11.3 Å². The highest BCUT2D eigenvalue weighted by Crippen LogP contribution is 2.22. The molecule has 2 amide bonds. The van der Waals surface area contributed by atoms with E-state index in [2.05, 4.69) is 15.4 Å². The Morgan fingerprint density at radius 2 is 1.91 bits per heavy atom. The third-order valence-electron chi connectivity index (χ3n) is 2.59. The molecule has 1 aromatic rings. The Kier molecular flexibility index (Phi) is 7.00. The highest BCUT2D eigenvalue weighted by molar-refractivity contribution is 7.12. The predicted molar refractivity (Wildman–Crippen MR) is 85.1 cm³/mol. The van der Waals surface area contributed by atoms with Gasteiger partial charge in [0.05, 0.1) is 25.9 Å². The second-order valence-electron chi connectivity index (χ2n) is 5.10. The topological polar surface area (TPSA) is 87.7 Å². The number of ether oxygens (including phenoxy) is 1. The van der Waals surface area contributed by atoms with E-state index in [0.717, 1.165) is 0 Å². The summed E-state index contributed by atoms with van der Waals surface area (Å²) in [5.41, 5.74) is 0.418. The van der Waals surface area contributed by atoms with Crippen molar-refractivity contribution in [1.82, 2.24) is 10.2 Å². The number of hydrogen-bond donors (Lipinski definition) is 2. The molecule has 1 aromatic heterocycles. The molecule has 0 unspecified atom stereocenters. The van der Waals surface area contributed by atoms with Crippen LogP contribution in [0.1, 0.15) is 23.5 Å². The number of nitrogens with zero attached hydrogens (tertiary/aromatic N) is 1. The molecule has 0 aromatic carbocycles. The Balaban J connectivity index is 2.51. The molecule has 8 heteroatoms. The first-order valence-corrected chi connectivity index (χ1v) is 7.65. The largest absolute Gasteiger partial charge is 0.465 e. The molecule has 122 valence electrons. The molecule has 0 spiro atoms. The molecule has 0 saturated heterocycles. The number of carbonyl (C=O) groups excluding carboxylic acids is 3. The number of carbonyl (C=O) groups is 3. The zero-order chi connectivity index (χ0) is 16.7. The van der Waals surface area contributed by atoms with E-state index in [1.165, 1.54) is 18.4 Å². The minimum absolute atomic E-state index is 0.0436. The van der Waals surface area contributed by atoms with Crippen LogP contribution in [0.4, 0.5) is 5.69 Å². The van der Waals surface area contributed by atoms with Gasteiger partial charge >= 0.3 is 5.97 Å². The number of nitrogens with one attached hydrogen (secondary N) is 2. The molecule has 0 aliphatic carbocycles. The first-order chi connectivity index (χ1) is 10.3. The van der Waals surface area contributed by atoms with E-state index in [9.17, 15) is 14.4 Å². The summed E-state index contributed by atoms with van der Waals surface area (Å²) in [6.07, 6.45) is 0. The van der Waals surface area contributed by atoms with E-state index in [1.807, 2.05) is 13.8 Å². The first-order valence-electron chi connectivity index (χ1n) is 6.77. The van der Waals surface area contributed by atoms with Crippen LogP contribution in [0.5, 0.6) is 0 Å². The van der Waals surface area contributed by atoms with Gasteiger partial charge in [-0.05, 0) is 32.3 Å². The normalized spacial score (nSPS) is 10.6.